The molecule has 0 saturated heterocycles. The molecule has 1 aromatic carbocycles. The third-order valence-electron chi connectivity index (χ3n) is 3.57. The van der Waals surface area contributed by atoms with Crippen molar-refractivity contribution in [1.82, 2.24) is 0 Å². The van der Waals surface area contributed by atoms with E-state index in [1.807, 2.05) is 13.0 Å². The molecule has 0 aliphatic heterocycles. The fourth-order valence-corrected chi connectivity index (χ4v) is 3.72. The van der Waals surface area contributed by atoms with Crippen LogP contribution < -0.4 is 0 Å². The first kappa shape index (κ1) is 11.5. The Labute approximate surface area is 110 Å². The second-order valence-corrected chi connectivity index (χ2v) is 6.08. The van der Waals surface area contributed by atoms with E-state index in [4.69, 9.17) is 0 Å². The van der Waals surface area contributed by atoms with Gasteiger partial charge in [-0.15, -0.1) is 11.3 Å². The normalized spacial score (nSPS) is 14.7. The van der Waals surface area contributed by atoms with E-state index in [1.165, 1.54) is 22.5 Å². The molecule has 2 aromatic rings. The maximum absolute atomic E-state index is 11.3. The van der Waals surface area contributed by atoms with Crippen molar-refractivity contribution in [1.29, 1.82) is 0 Å². The summed E-state index contributed by atoms with van der Waals surface area (Å²) in [6.45, 7) is 1.97. The van der Waals surface area contributed by atoms with Gasteiger partial charge in [0, 0.05) is 4.88 Å². The van der Waals surface area contributed by atoms with Gasteiger partial charge in [0.1, 0.15) is 4.88 Å². The maximum atomic E-state index is 11.3. The monoisotopic (exact) mass is 258 g/mol. The number of carboxylic acid groups (broad SMARTS) is 1. The van der Waals surface area contributed by atoms with E-state index < -0.39 is 5.97 Å². The molecule has 3 heteroatoms. The van der Waals surface area contributed by atoms with Crippen LogP contribution in [0.5, 0.6) is 0 Å². The van der Waals surface area contributed by atoms with Gasteiger partial charge in [0.05, 0.1) is 0 Å². The number of aromatic carboxylic acids is 1. The Bertz CT molecular complexity index is 588. The van der Waals surface area contributed by atoms with E-state index >= 15 is 0 Å². The molecule has 0 atom stereocenters. The number of benzene rings is 1. The Kier molecular flexibility index (Phi) is 2.71. The first-order chi connectivity index (χ1) is 8.65. The van der Waals surface area contributed by atoms with Crippen molar-refractivity contribution in [3.8, 4) is 0 Å². The zero-order valence-electron chi connectivity index (χ0n) is 10.1. The van der Waals surface area contributed by atoms with E-state index in [0.717, 1.165) is 23.3 Å². The van der Waals surface area contributed by atoms with Crippen molar-refractivity contribution < 1.29 is 9.90 Å². The van der Waals surface area contributed by atoms with Crippen LogP contribution in [-0.2, 0) is 12.8 Å². The number of hydrogen-bond donors (Lipinski definition) is 1. The highest BCUT2D eigenvalue weighted by atomic mass is 32.1. The summed E-state index contributed by atoms with van der Waals surface area (Å²) in [4.78, 5) is 12.9. The van der Waals surface area contributed by atoms with Gasteiger partial charge < -0.3 is 5.11 Å². The zero-order chi connectivity index (χ0) is 12.7. The summed E-state index contributed by atoms with van der Waals surface area (Å²) < 4.78 is 0. The Balaban J connectivity index is 1.97. The third-order valence-corrected chi connectivity index (χ3v) is 4.62. The van der Waals surface area contributed by atoms with Crippen molar-refractivity contribution in [3.05, 3.63) is 56.8 Å². The average molecular weight is 258 g/mol. The van der Waals surface area contributed by atoms with Crippen molar-refractivity contribution in [2.75, 3.05) is 0 Å². The SMILES string of the molecule is Cc1cc(C2Cc3ccccc3C2)c(C(=O)O)s1. The lowest BCUT2D eigenvalue weighted by molar-refractivity contribution is 0.0700. The van der Waals surface area contributed by atoms with Crippen LogP contribution in [-0.4, -0.2) is 11.1 Å². The number of carbonyl (C=O) groups is 1. The molecule has 2 nitrogen and oxygen atoms in total. The first-order valence-electron chi connectivity index (χ1n) is 6.05. The molecule has 0 amide bonds. The quantitative estimate of drug-likeness (QED) is 0.893. The molecular formula is C15H14O2S. The molecule has 3 rings (SSSR count). The summed E-state index contributed by atoms with van der Waals surface area (Å²) >= 11 is 1.39. The predicted molar refractivity (Wildman–Crippen MR) is 72.6 cm³/mol. The topological polar surface area (TPSA) is 37.3 Å². The zero-order valence-corrected chi connectivity index (χ0v) is 11.0. The van der Waals surface area contributed by atoms with Crippen molar-refractivity contribution in [2.24, 2.45) is 0 Å². The van der Waals surface area contributed by atoms with Gasteiger partial charge in [-0.1, -0.05) is 24.3 Å². The van der Waals surface area contributed by atoms with Crippen LogP contribution in [0.25, 0.3) is 0 Å². The summed E-state index contributed by atoms with van der Waals surface area (Å²) in [5, 5.41) is 9.27. The molecule has 0 unspecified atom stereocenters. The Morgan fingerprint density at radius 3 is 2.44 bits per heavy atom. The van der Waals surface area contributed by atoms with Gasteiger partial charge in [-0.3, -0.25) is 0 Å². The highest BCUT2D eigenvalue weighted by Crippen LogP contribution is 2.38. The lowest BCUT2D eigenvalue weighted by Crippen LogP contribution is -2.03. The molecule has 0 fully saturated rings. The van der Waals surface area contributed by atoms with E-state index in [-0.39, 0.29) is 0 Å². The van der Waals surface area contributed by atoms with Crippen LogP contribution in [0, 0.1) is 6.92 Å². The largest absolute Gasteiger partial charge is 0.477 e. The van der Waals surface area contributed by atoms with Gasteiger partial charge in [0.25, 0.3) is 0 Å². The summed E-state index contributed by atoms with van der Waals surface area (Å²) in [7, 11) is 0. The molecule has 1 aliphatic carbocycles. The summed E-state index contributed by atoms with van der Waals surface area (Å²) in [5.41, 5.74) is 3.74. The summed E-state index contributed by atoms with van der Waals surface area (Å²) in [6, 6.07) is 10.4. The molecular weight excluding hydrogens is 244 g/mol. The Morgan fingerprint density at radius 2 is 1.89 bits per heavy atom. The lowest BCUT2D eigenvalue weighted by atomic mass is 9.96. The van der Waals surface area contributed by atoms with Gasteiger partial charge >= 0.3 is 5.97 Å². The van der Waals surface area contributed by atoms with Crippen LogP contribution in [0.2, 0.25) is 0 Å². The van der Waals surface area contributed by atoms with Crippen LogP contribution >= 0.6 is 11.3 Å². The van der Waals surface area contributed by atoms with Crippen molar-refractivity contribution in [2.45, 2.75) is 25.7 Å². The molecule has 0 spiro atoms. The number of rotatable bonds is 2. The molecule has 92 valence electrons. The molecule has 1 aromatic heterocycles. The van der Waals surface area contributed by atoms with Crippen molar-refractivity contribution in [3.63, 3.8) is 0 Å². The molecule has 0 saturated carbocycles. The van der Waals surface area contributed by atoms with Gasteiger partial charge in [-0.25, -0.2) is 4.79 Å². The Morgan fingerprint density at radius 1 is 1.28 bits per heavy atom. The minimum Gasteiger partial charge on any atom is -0.477 e. The van der Waals surface area contributed by atoms with Gasteiger partial charge in [-0.05, 0) is 48.4 Å². The van der Waals surface area contributed by atoms with Crippen LogP contribution in [0.3, 0.4) is 0 Å². The third kappa shape index (κ3) is 1.85. The minimum atomic E-state index is -0.793. The van der Waals surface area contributed by atoms with Crippen molar-refractivity contribution >= 4 is 17.3 Å². The van der Waals surface area contributed by atoms with E-state index in [1.54, 1.807) is 0 Å². The molecule has 0 radical (unpaired) electrons. The molecule has 1 aliphatic rings. The van der Waals surface area contributed by atoms with E-state index in [9.17, 15) is 9.90 Å². The molecule has 18 heavy (non-hydrogen) atoms. The predicted octanol–water partition coefficient (Wildman–Crippen LogP) is 3.64. The highest BCUT2D eigenvalue weighted by Gasteiger charge is 2.27. The molecule has 0 bridgehead atoms. The lowest BCUT2D eigenvalue weighted by Gasteiger charge is -2.08. The number of carboxylic acids is 1. The van der Waals surface area contributed by atoms with Gasteiger partial charge in [0.15, 0.2) is 0 Å². The average Bonchev–Trinajstić information content (AvgIpc) is 2.91. The van der Waals surface area contributed by atoms with Gasteiger partial charge in [-0.2, -0.15) is 0 Å². The maximum Gasteiger partial charge on any atom is 0.346 e. The second kappa shape index (κ2) is 4.25. The molecule has 1 heterocycles. The standard InChI is InChI=1S/C15H14O2S/c1-9-6-13(14(18-9)15(16)17)12-7-10-4-2-3-5-11(10)8-12/h2-6,12H,7-8H2,1H3,(H,16,17). The van der Waals surface area contributed by atoms with E-state index in [2.05, 4.69) is 24.3 Å². The van der Waals surface area contributed by atoms with E-state index in [0.29, 0.717) is 10.8 Å². The summed E-state index contributed by atoms with van der Waals surface area (Å²) in [5.74, 6) is -0.461. The number of thiophene rings is 1. The smallest absolute Gasteiger partial charge is 0.346 e. The Hall–Kier alpha value is -1.61. The summed E-state index contributed by atoms with van der Waals surface area (Å²) in [6.07, 6.45) is 1.93. The van der Waals surface area contributed by atoms with Crippen LogP contribution in [0.4, 0.5) is 0 Å². The number of fused-ring (bicyclic) bond motifs is 1. The fourth-order valence-electron chi connectivity index (χ4n) is 2.78. The first-order valence-corrected chi connectivity index (χ1v) is 6.87. The molecule has 1 N–H and O–H groups in total. The van der Waals surface area contributed by atoms with Crippen LogP contribution in [0.15, 0.2) is 30.3 Å². The highest BCUT2D eigenvalue weighted by molar-refractivity contribution is 7.14. The second-order valence-electron chi connectivity index (χ2n) is 4.82. The minimum absolute atomic E-state index is 0.332. The fraction of sp³-hybridized carbons (Fsp3) is 0.267. The van der Waals surface area contributed by atoms with Crippen LogP contribution in [0.1, 0.15) is 37.2 Å². The number of hydrogen-bond acceptors (Lipinski definition) is 2. The number of aryl methyl sites for hydroxylation is 1. The van der Waals surface area contributed by atoms with Gasteiger partial charge in [0.2, 0.25) is 0 Å².